The van der Waals surface area contributed by atoms with Crippen LogP contribution in [0.4, 0.5) is 4.79 Å². The van der Waals surface area contributed by atoms with Crippen LogP contribution in [-0.2, 0) is 41.7 Å². The van der Waals surface area contributed by atoms with Gasteiger partial charge in [0.1, 0.15) is 30.3 Å². The van der Waals surface area contributed by atoms with Crippen LogP contribution < -0.4 is 16.0 Å². The van der Waals surface area contributed by atoms with Gasteiger partial charge in [-0.2, -0.15) is 0 Å². The van der Waals surface area contributed by atoms with E-state index in [1.54, 1.807) is 20.8 Å². The molecule has 1 aliphatic rings. The van der Waals surface area contributed by atoms with Gasteiger partial charge in [0.05, 0.1) is 6.54 Å². The summed E-state index contributed by atoms with van der Waals surface area (Å²) in [5.74, 6) is -1.90. The van der Waals surface area contributed by atoms with Crippen molar-refractivity contribution in [2.45, 2.75) is 90.6 Å². The molecule has 11 heteroatoms. The molecule has 0 radical (unpaired) electrons. The van der Waals surface area contributed by atoms with E-state index in [0.29, 0.717) is 25.8 Å². The lowest BCUT2D eigenvalue weighted by molar-refractivity contribution is -0.149. The topological polar surface area (TPSA) is 143 Å². The highest BCUT2D eigenvalue weighted by Gasteiger charge is 2.38. The van der Waals surface area contributed by atoms with Gasteiger partial charge in [-0.3, -0.25) is 14.4 Å². The van der Waals surface area contributed by atoms with Crippen molar-refractivity contribution in [3.8, 4) is 0 Å². The van der Waals surface area contributed by atoms with Gasteiger partial charge in [0.15, 0.2) is 0 Å². The van der Waals surface area contributed by atoms with Gasteiger partial charge in [-0.1, -0.05) is 74.5 Å². The second-order valence-corrected chi connectivity index (χ2v) is 12.6. The number of esters is 1. The molecule has 1 heterocycles. The predicted octanol–water partition coefficient (Wildman–Crippen LogP) is 3.50. The molecule has 1 fully saturated rings. The lowest BCUT2D eigenvalue weighted by atomic mass is 10.0. The normalized spacial score (nSPS) is 16.0. The van der Waals surface area contributed by atoms with Gasteiger partial charge >= 0.3 is 12.1 Å². The van der Waals surface area contributed by atoms with Crippen LogP contribution in [0, 0.1) is 5.92 Å². The molecule has 1 aliphatic heterocycles. The molecule has 11 nitrogen and oxygen atoms in total. The summed E-state index contributed by atoms with van der Waals surface area (Å²) in [4.78, 5) is 66.6. The van der Waals surface area contributed by atoms with Crippen molar-refractivity contribution in [2.75, 3.05) is 13.1 Å². The fourth-order valence-corrected chi connectivity index (χ4v) is 5.05. The highest BCUT2D eigenvalue weighted by atomic mass is 16.6. The van der Waals surface area contributed by atoms with E-state index in [1.165, 1.54) is 4.90 Å². The Morgan fingerprint density at radius 3 is 2.11 bits per heavy atom. The highest BCUT2D eigenvalue weighted by molar-refractivity contribution is 5.94. The quantitative estimate of drug-likeness (QED) is 0.290. The molecule has 0 spiro atoms. The maximum absolute atomic E-state index is 13.7. The largest absolute Gasteiger partial charge is 0.459 e. The Labute approximate surface area is 265 Å². The van der Waals surface area contributed by atoms with Crippen LogP contribution in [0.2, 0.25) is 0 Å². The fourth-order valence-electron chi connectivity index (χ4n) is 5.05. The Bertz CT molecular complexity index is 1290. The van der Waals surface area contributed by atoms with E-state index < -0.39 is 53.5 Å². The Morgan fingerprint density at radius 1 is 0.889 bits per heavy atom. The number of ether oxygens (including phenoxy) is 2. The van der Waals surface area contributed by atoms with E-state index in [0.717, 1.165) is 11.1 Å². The molecule has 0 unspecified atom stereocenters. The number of hydrogen-bond donors (Lipinski definition) is 3. The summed E-state index contributed by atoms with van der Waals surface area (Å²) < 4.78 is 10.8. The van der Waals surface area contributed by atoms with E-state index in [2.05, 4.69) is 16.0 Å². The van der Waals surface area contributed by atoms with E-state index in [4.69, 9.17) is 9.47 Å². The molecule has 4 amide bonds. The first-order valence-corrected chi connectivity index (χ1v) is 15.4. The average Bonchev–Trinajstić information content (AvgIpc) is 3.48. The first-order chi connectivity index (χ1) is 21.3. The Hall–Kier alpha value is -4.41. The Balaban J connectivity index is 1.60. The summed E-state index contributed by atoms with van der Waals surface area (Å²) in [7, 11) is 0. The van der Waals surface area contributed by atoms with Crippen LogP contribution in [0.3, 0.4) is 0 Å². The molecule has 0 aliphatic carbocycles. The molecule has 3 rings (SSSR count). The molecule has 3 atom stereocenters. The van der Waals surface area contributed by atoms with Gasteiger partial charge in [0, 0.05) is 13.0 Å². The first-order valence-electron chi connectivity index (χ1n) is 15.4. The molecule has 1 saturated heterocycles. The zero-order chi connectivity index (χ0) is 33.0. The van der Waals surface area contributed by atoms with Gasteiger partial charge in [0.2, 0.25) is 17.7 Å². The first kappa shape index (κ1) is 35.1. The molecule has 0 bridgehead atoms. The van der Waals surface area contributed by atoms with Gasteiger partial charge in [0.25, 0.3) is 0 Å². The summed E-state index contributed by atoms with van der Waals surface area (Å²) >= 11 is 0. The van der Waals surface area contributed by atoms with E-state index in [9.17, 15) is 24.0 Å². The van der Waals surface area contributed by atoms with Crippen molar-refractivity contribution in [1.29, 1.82) is 0 Å². The summed E-state index contributed by atoms with van der Waals surface area (Å²) in [6.07, 6.45) is 0.845. The average molecular weight is 623 g/mol. The number of carbonyl (C=O) groups is 5. The van der Waals surface area contributed by atoms with Crippen LogP contribution in [0.25, 0.3) is 0 Å². The van der Waals surface area contributed by atoms with E-state index >= 15 is 0 Å². The molecule has 2 aromatic rings. The maximum Gasteiger partial charge on any atom is 0.408 e. The zero-order valence-corrected chi connectivity index (χ0v) is 26.8. The van der Waals surface area contributed by atoms with Crippen molar-refractivity contribution in [2.24, 2.45) is 5.92 Å². The fraction of sp³-hybridized carbons (Fsp3) is 0.500. The van der Waals surface area contributed by atoms with Gasteiger partial charge in [-0.25, -0.2) is 9.59 Å². The van der Waals surface area contributed by atoms with Crippen LogP contribution >= 0.6 is 0 Å². The number of rotatable bonds is 13. The van der Waals surface area contributed by atoms with Gasteiger partial charge in [-0.05, 0) is 57.1 Å². The Morgan fingerprint density at radius 2 is 1.51 bits per heavy atom. The van der Waals surface area contributed by atoms with E-state index in [1.807, 2.05) is 74.5 Å². The summed E-state index contributed by atoms with van der Waals surface area (Å²) in [6.45, 7) is 9.10. The number of alkyl carbamates (subject to hydrolysis) is 1. The maximum atomic E-state index is 13.7. The molecular formula is C34H46N4O7. The van der Waals surface area contributed by atoms with Crippen LogP contribution in [0.1, 0.15) is 65.0 Å². The van der Waals surface area contributed by atoms with Crippen molar-refractivity contribution >= 4 is 29.8 Å². The number of nitrogens with one attached hydrogen (secondary N) is 3. The molecule has 0 saturated carbocycles. The smallest absolute Gasteiger partial charge is 0.408 e. The number of nitrogens with zero attached hydrogens (tertiary/aromatic N) is 1. The predicted molar refractivity (Wildman–Crippen MR) is 169 cm³/mol. The molecular weight excluding hydrogens is 576 g/mol. The summed E-state index contributed by atoms with van der Waals surface area (Å²) in [5.41, 5.74) is 0.908. The SMILES string of the molecule is CC(C)C[C@@H](NC(=O)CNC(=O)[C@@H]1CCCN1C(=O)[C@@H](Cc1ccccc1)NC(=O)OC(C)(C)C)C(=O)OCc1ccccc1. The number of amides is 4. The lowest BCUT2D eigenvalue weighted by Gasteiger charge is -2.29. The third kappa shape index (κ3) is 11.9. The van der Waals surface area contributed by atoms with Crippen molar-refractivity contribution in [3.05, 3.63) is 71.8 Å². The molecule has 0 aromatic heterocycles. The number of hydrogen-bond acceptors (Lipinski definition) is 7. The number of carbonyl (C=O) groups excluding carboxylic acids is 5. The molecule has 244 valence electrons. The summed E-state index contributed by atoms with van der Waals surface area (Å²) in [6, 6.07) is 15.8. The molecule has 2 aromatic carbocycles. The molecule has 3 N–H and O–H groups in total. The van der Waals surface area contributed by atoms with Gasteiger partial charge < -0.3 is 30.3 Å². The molecule has 45 heavy (non-hydrogen) atoms. The van der Waals surface area contributed by atoms with Crippen LogP contribution in [-0.4, -0.2) is 71.5 Å². The van der Waals surface area contributed by atoms with Crippen molar-refractivity contribution in [3.63, 3.8) is 0 Å². The van der Waals surface area contributed by atoms with Crippen LogP contribution in [0.5, 0.6) is 0 Å². The third-order valence-electron chi connectivity index (χ3n) is 7.08. The minimum atomic E-state index is -0.961. The minimum absolute atomic E-state index is 0.0838. The monoisotopic (exact) mass is 622 g/mol. The second kappa shape index (κ2) is 16.6. The standard InChI is InChI=1S/C34H46N4O7/c1-23(2)19-27(32(42)44-22-25-15-10-7-11-16-25)36-29(39)21-35-30(40)28-17-12-18-38(28)31(41)26(20-24-13-8-6-9-14-24)37-33(43)45-34(3,4)5/h6-11,13-16,23,26-28H,12,17-22H2,1-5H3,(H,35,40)(H,36,39)(H,37,43)/t26-,27-,28+/m1/s1. The van der Waals surface area contributed by atoms with Gasteiger partial charge in [-0.15, -0.1) is 0 Å². The summed E-state index contributed by atoms with van der Waals surface area (Å²) in [5, 5.41) is 7.98. The van der Waals surface area contributed by atoms with Crippen molar-refractivity contribution in [1.82, 2.24) is 20.9 Å². The number of benzene rings is 2. The highest BCUT2D eigenvalue weighted by Crippen LogP contribution is 2.20. The van der Waals surface area contributed by atoms with Crippen molar-refractivity contribution < 1.29 is 33.4 Å². The van der Waals surface area contributed by atoms with Crippen LogP contribution in [0.15, 0.2) is 60.7 Å². The lowest BCUT2D eigenvalue weighted by Crippen LogP contribution is -2.55. The van der Waals surface area contributed by atoms with E-state index in [-0.39, 0.29) is 25.5 Å². The zero-order valence-electron chi connectivity index (χ0n) is 26.8. The minimum Gasteiger partial charge on any atom is -0.459 e. The third-order valence-corrected chi connectivity index (χ3v) is 7.08. The Kier molecular flexibility index (Phi) is 12.9. The number of likely N-dealkylation sites (tertiary alicyclic amines) is 1. The second-order valence-electron chi connectivity index (χ2n) is 12.6.